The Balaban J connectivity index is 2.76. The third kappa shape index (κ3) is 6.72. The van der Waals surface area contributed by atoms with Gasteiger partial charge in [-0.05, 0) is 43.4 Å². The molecule has 0 bridgehead atoms. The van der Waals surface area contributed by atoms with Gasteiger partial charge in [-0.25, -0.2) is 4.79 Å². The number of benzene rings is 1. The predicted octanol–water partition coefficient (Wildman–Crippen LogP) is 3.73. The number of amides is 2. The van der Waals surface area contributed by atoms with E-state index in [0.29, 0.717) is 23.8 Å². The summed E-state index contributed by atoms with van der Waals surface area (Å²) in [6, 6.07) is 3.44. The Kier molecular flexibility index (Phi) is 6.96. The van der Waals surface area contributed by atoms with Gasteiger partial charge in [-0.15, -0.1) is 0 Å². The maximum Gasteiger partial charge on any atom is 0.315 e. The molecule has 0 saturated heterocycles. The smallest absolute Gasteiger partial charge is 0.315 e. The number of urea groups is 1. The zero-order valence-electron chi connectivity index (χ0n) is 16.7. The number of nitrogens with one attached hydrogen (secondary N) is 2. The molecular formula is C19H32N2O4. The maximum atomic E-state index is 12.2. The first-order chi connectivity index (χ1) is 11.5. The highest BCUT2D eigenvalue weighted by atomic mass is 16.5. The van der Waals surface area contributed by atoms with Crippen LogP contribution in [0.3, 0.4) is 0 Å². The normalized spacial score (nSPS) is 11.7. The molecule has 0 radical (unpaired) electrons. The molecule has 0 fully saturated rings. The lowest BCUT2D eigenvalue weighted by Crippen LogP contribution is -2.49. The van der Waals surface area contributed by atoms with Crippen molar-refractivity contribution in [1.82, 2.24) is 10.6 Å². The van der Waals surface area contributed by atoms with Crippen molar-refractivity contribution < 1.29 is 19.0 Å². The third-order valence-corrected chi connectivity index (χ3v) is 3.60. The minimum absolute atomic E-state index is 0.132. The van der Waals surface area contributed by atoms with E-state index < -0.39 is 0 Å². The van der Waals surface area contributed by atoms with Crippen LogP contribution in [-0.4, -0.2) is 32.9 Å². The number of methoxy groups -OCH3 is 3. The number of carbonyl (C=O) groups is 1. The van der Waals surface area contributed by atoms with Crippen molar-refractivity contribution in [1.29, 1.82) is 0 Å². The van der Waals surface area contributed by atoms with E-state index in [9.17, 15) is 4.79 Å². The molecule has 6 heteroatoms. The monoisotopic (exact) mass is 352 g/mol. The highest BCUT2D eigenvalue weighted by Crippen LogP contribution is 2.38. The number of carbonyl (C=O) groups excluding carboxylic acids is 1. The standard InChI is InChI=1S/C19H32N2O4/c1-18(2,3)12-19(4,5)21-17(22)20-11-13-9-14(23-6)16(25-8)15(10-13)24-7/h9-10H,11-12H2,1-8H3,(H2,20,21,22). The molecule has 0 aromatic heterocycles. The van der Waals surface area contributed by atoms with Crippen molar-refractivity contribution in [3.8, 4) is 17.2 Å². The summed E-state index contributed by atoms with van der Waals surface area (Å²) in [5.41, 5.74) is 0.698. The molecular weight excluding hydrogens is 320 g/mol. The average molecular weight is 352 g/mol. The molecule has 0 saturated carbocycles. The van der Waals surface area contributed by atoms with E-state index in [1.54, 1.807) is 21.3 Å². The Hall–Kier alpha value is -2.11. The quantitative estimate of drug-likeness (QED) is 0.785. The van der Waals surface area contributed by atoms with Gasteiger partial charge in [0.1, 0.15) is 0 Å². The highest BCUT2D eigenvalue weighted by molar-refractivity contribution is 5.74. The van der Waals surface area contributed by atoms with E-state index in [2.05, 4.69) is 31.4 Å². The lowest BCUT2D eigenvalue weighted by molar-refractivity contribution is 0.210. The fraction of sp³-hybridized carbons (Fsp3) is 0.632. The van der Waals surface area contributed by atoms with Crippen LogP contribution in [0, 0.1) is 5.41 Å². The molecule has 0 spiro atoms. The van der Waals surface area contributed by atoms with Gasteiger partial charge < -0.3 is 24.8 Å². The molecule has 0 heterocycles. The molecule has 1 aromatic rings. The second kappa shape index (κ2) is 8.32. The molecule has 0 aliphatic heterocycles. The molecule has 1 rings (SSSR count). The maximum absolute atomic E-state index is 12.2. The fourth-order valence-electron chi connectivity index (χ4n) is 3.14. The van der Waals surface area contributed by atoms with E-state index in [-0.39, 0.29) is 17.0 Å². The number of hydrogen-bond donors (Lipinski definition) is 2. The molecule has 2 N–H and O–H groups in total. The van der Waals surface area contributed by atoms with Gasteiger partial charge in [0.05, 0.1) is 21.3 Å². The molecule has 2 amide bonds. The van der Waals surface area contributed by atoms with E-state index >= 15 is 0 Å². The topological polar surface area (TPSA) is 68.8 Å². The summed E-state index contributed by atoms with van der Waals surface area (Å²) in [7, 11) is 4.69. The molecule has 142 valence electrons. The Morgan fingerprint density at radius 1 is 0.960 bits per heavy atom. The summed E-state index contributed by atoms with van der Waals surface area (Å²) in [5, 5.41) is 5.90. The highest BCUT2D eigenvalue weighted by Gasteiger charge is 2.27. The predicted molar refractivity (Wildman–Crippen MR) is 99.6 cm³/mol. The summed E-state index contributed by atoms with van der Waals surface area (Å²) >= 11 is 0. The van der Waals surface area contributed by atoms with Gasteiger partial charge in [-0.3, -0.25) is 0 Å². The first-order valence-electron chi connectivity index (χ1n) is 8.36. The van der Waals surface area contributed by atoms with Crippen LogP contribution in [0.5, 0.6) is 17.2 Å². The van der Waals surface area contributed by atoms with Crippen molar-refractivity contribution in [3.63, 3.8) is 0 Å². The summed E-state index contributed by atoms with van der Waals surface area (Å²) in [4.78, 5) is 12.2. The first kappa shape index (κ1) is 20.9. The fourth-order valence-corrected chi connectivity index (χ4v) is 3.14. The van der Waals surface area contributed by atoms with Crippen molar-refractivity contribution >= 4 is 6.03 Å². The van der Waals surface area contributed by atoms with E-state index in [4.69, 9.17) is 14.2 Å². The van der Waals surface area contributed by atoms with E-state index in [1.165, 1.54) is 0 Å². The van der Waals surface area contributed by atoms with Gasteiger partial charge in [0, 0.05) is 12.1 Å². The molecule has 0 unspecified atom stereocenters. The lowest BCUT2D eigenvalue weighted by atomic mass is 9.82. The van der Waals surface area contributed by atoms with Crippen LogP contribution in [0.4, 0.5) is 4.79 Å². The van der Waals surface area contributed by atoms with Crippen LogP contribution in [0.2, 0.25) is 0 Å². The number of rotatable bonds is 7. The number of hydrogen-bond acceptors (Lipinski definition) is 4. The molecule has 0 atom stereocenters. The summed E-state index contributed by atoms with van der Waals surface area (Å²) in [6.45, 7) is 10.9. The summed E-state index contributed by atoms with van der Waals surface area (Å²) in [5.74, 6) is 1.66. The van der Waals surface area contributed by atoms with Gasteiger partial charge in [-0.2, -0.15) is 0 Å². The molecule has 0 aliphatic rings. The van der Waals surface area contributed by atoms with Gasteiger partial charge in [-0.1, -0.05) is 20.8 Å². The van der Waals surface area contributed by atoms with Crippen molar-refractivity contribution in [2.45, 2.75) is 53.1 Å². The van der Waals surface area contributed by atoms with Crippen LogP contribution in [0.1, 0.15) is 46.6 Å². The number of ether oxygens (including phenoxy) is 3. The third-order valence-electron chi connectivity index (χ3n) is 3.60. The molecule has 6 nitrogen and oxygen atoms in total. The molecule has 25 heavy (non-hydrogen) atoms. The molecule has 0 aliphatic carbocycles. The first-order valence-corrected chi connectivity index (χ1v) is 8.36. The second-order valence-electron chi connectivity index (χ2n) is 7.96. The van der Waals surface area contributed by atoms with E-state index in [1.807, 2.05) is 26.0 Å². The van der Waals surface area contributed by atoms with Crippen molar-refractivity contribution in [2.24, 2.45) is 5.41 Å². The van der Waals surface area contributed by atoms with Gasteiger partial charge in [0.15, 0.2) is 11.5 Å². The van der Waals surface area contributed by atoms with Crippen LogP contribution >= 0.6 is 0 Å². The zero-order chi connectivity index (χ0) is 19.3. The van der Waals surface area contributed by atoms with Gasteiger partial charge in [0.25, 0.3) is 0 Å². The average Bonchev–Trinajstić information content (AvgIpc) is 2.48. The van der Waals surface area contributed by atoms with Crippen LogP contribution < -0.4 is 24.8 Å². The Morgan fingerprint density at radius 2 is 1.48 bits per heavy atom. The Morgan fingerprint density at radius 3 is 1.88 bits per heavy atom. The van der Waals surface area contributed by atoms with Crippen LogP contribution in [0.15, 0.2) is 12.1 Å². The minimum atomic E-state index is -0.294. The second-order valence-corrected chi connectivity index (χ2v) is 7.96. The lowest BCUT2D eigenvalue weighted by Gasteiger charge is -2.33. The zero-order valence-corrected chi connectivity index (χ0v) is 16.7. The van der Waals surface area contributed by atoms with E-state index in [0.717, 1.165) is 12.0 Å². The molecule has 1 aromatic carbocycles. The van der Waals surface area contributed by atoms with Crippen molar-refractivity contribution in [3.05, 3.63) is 17.7 Å². The van der Waals surface area contributed by atoms with Crippen LogP contribution in [-0.2, 0) is 6.54 Å². The van der Waals surface area contributed by atoms with Crippen LogP contribution in [0.25, 0.3) is 0 Å². The Labute approximate surface area is 151 Å². The van der Waals surface area contributed by atoms with Crippen molar-refractivity contribution in [2.75, 3.05) is 21.3 Å². The van der Waals surface area contributed by atoms with Gasteiger partial charge in [0.2, 0.25) is 5.75 Å². The van der Waals surface area contributed by atoms with Gasteiger partial charge >= 0.3 is 6.03 Å². The SMILES string of the molecule is COc1cc(CNC(=O)NC(C)(C)CC(C)(C)C)cc(OC)c1OC. The minimum Gasteiger partial charge on any atom is -0.493 e. The Bertz CT molecular complexity index is 567. The summed E-state index contributed by atoms with van der Waals surface area (Å²) < 4.78 is 16.0. The largest absolute Gasteiger partial charge is 0.493 e. The summed E-state index contributed by atoms with van der Waals surface area (Å²) in [6.07, 6.45) is 0.873.